The zero-order valence-electron chi connectivity index (χ0n) is 10.9. The highest BCUT2D eigenvalue weighted by Crippen LogP contribution is 2.27. The average molecular weight is 311 g/mol. The van der Waals surface area contributed by atoms with Crippen LogP contribution in [-0.2, 0) is 4.79 Å². The summed E-state index contributed by atoms with van der Waals surface area (Å²) in [5.41, 5.74) is 0. The monoisotopic (exact) mass is 310 g/mol. The van der Waals surface area contributed by atoms with Gasteiger partial charge in [-0.05, 0) is 32.4 Å². The summed E-state index contributed by atoms with van der Waals surface area (Å²) in [4.78, 5) is 14.5. The molecule has 0 radical (unpaired) electrons. The van der Waals surface area contributed by atoms with Crippen molar-refractivity contribution in [1.82, 2.24) is 10.2 Å². The molecule has 6 heteroatoms. The van der Waals surface area contributed by atoms with Gasteiger partial charge < -0.3 is 10.2 Å². The predicted octanol–water partition coefficient (Wildman–Crippen LogP) is 1.71. The third kappa shape index (κ3) is 4.51. The molecule has 2 unspecified atom stereocenters. The van der Waals surface area contributed by atoms with E-state index in [0.717, 1.165) is 31.1 Å². The summed E-state index contributed by atoms with van der Waals surface area (Å²) in [5.74, 6) is 4.39. The maximum absolute atomic E-state index is 12.4. The number of thioether (sulfide) groups is 2. The van der Waals surface area contributed by atoms with Crippen molar-refractivity contribution >= 4 is 41.8 Å². The van der Waals surface area contributed by atoms with E-state index in [2.05, 4.69) is 10.2 Å². The molecule has 0 aromatic rings. The number of hydrogen-bond donors (Lipinski definition) is 1. The number of piperidine rings is 1. The molecule has 2 atom stereocenters. The Balaban J connectivity index is 0.00000162. The molecule has 0 aromatic carbocycles. The summed E-state index contributed by atoms with van der Waals surface area (Å²) in [6, 6.07) is 0. The second-order valence-corrected chi connectivity index (χ2v) is 7.24. The Labute approximate surface area is 125 Å². The van der Waals surface area contributed by atoms with Crippen molar-refractivity contribution in [3.05, 3.63) is 0 Å². The molecule has 2 heterocycles. The Hall–Kier alpha value is 0.420. The van der Waals surface area contributed by atoms with Crippen LogP contribution >= 0.6 is 35.9 Å². The fraction of sp³-hybridized carbons (Fsp3) is 0.917. The molecular formula is C12H23ClN2OS2. The lowest BCUT2D eigenvalue weighted by Gasteiger charge is -2.35. The zero-order chi connectivity index (χ0) is 12.1. The van der Waals surface area contributed by atoms with E-state index in [4.69, 9.17) is 0 Å². The smallest absolute Gasteiger partial charge is 0.236 e. The molecule has 0 bridgehead atoms. The van der Waals surface area contributed by atoms with E-state index in [1.54, 1.807) is 0 Å². The lowest BCUT2D eigenvalue weighted by Crippen LogP contribution is -2.47. The first kappa shape index (κ1) is 16.5. The van der Waals surface area contributed by atoms with Gasteiger partial charge in [-0.15, -0.1) is 24.2 Å². The quantitative estimate of drug-likeness (QED) is 0.860. The second kappa shape index (κ2) is 8.56. The number of likely N-dealkylation sites (tertiary alicyclic amines) is 1. The topological polar surface area (TPSA) is 32.3 Å². The van der Waals surface area contributed by atoms with E-state index in [9.17, 15) is 4.79 Å². The summed E-state index contributed by atoms with van der Waals surface area (Å²) in [5, 5.41) is 3.45. The summed E-state index contributed by atoms with van der Waals surface area (Å²) >= 11 is 3.78. The summed E-state index contributed by atoms with van der Waals surface area (Å²) in [7, 11) is 1.99. The molecule has 0 saturated carbocycles. The van der Waals surface area contributed by atoms with Crippen molar-refractivity contribution in [2.24, 2.45) is 5.92 Å². The van der Waals surface area contributed by atoms with Gasteiger partial charge in [0.25, 0.3) is 0 Å². The highest BCUT2D eigenvalue weighted by Gasteiger charge is 2.30. The third-order valence-electron chi connectivity index (χ3n) is 3.41. The number of nitrogens with zero attached hydrogens (tertiary/aromatic N) is 1. The third-order valence-corrected chi connectivity index (χ3v) is 6.16. The highest BCUT2D eigenvalue weighted by molar-refractivity contribution is 8.07. The molecule has 2 aliphatic rings. The summed E-state index contributed by atoms with van der Waals surface area (Å²) < 4.78 is 0. The Bertz CT molecular complexity index is 260. The Morgan fingerprint density at radius 2 is 2.28 bits per heavy atom. The van der Waals surface area contributed by atoms with Gasteiger partial charge in [-0.1, -0.05) is 0 Å². The van der Waals surface area contributed by atoms with Gasteiger partial charge >= 0.3 is 0 Å². The summed E-state index contributed by atoms with van der Waals surface area (Å²) in [6.07, 6.45) is 2.43. The van der Waals surface area contributed by atoms with Crippen molar-refractivity contribution in [2.75, 3.05) is 43.9 Å². The molecule has 0 aliphatic carbocycles. The van der Waals surface area contributed by atoms with Gasteiger partial charge in [-0.25, -0.2) is 0 Å². The van der Waals surface area contributed by atoms with Crippen molar-refractivity contribution in [1.29, 1.82) is 0 Å². The van der Waals surface area contributed by atoms with Crippen LogP contribution in [0.2, 0.25) is 0 Å². The number of halogens is 1. The Kier molecular flexibility index (Phi) is 7.84. The number of carbonyl (C=O) groups is 1. The van der Waals surface area contributed by atoms with Gasteiger partial charge in [-0.2, -0.15) is 11.8 Å². The molecular weight excluding hydrogens is 288 g/mol. The van der Waals surface area contributed by atoms with Crippen molar-refractivity contribution < 1.29 is 4.79 Å². The van der Waals surface area contributed by atoms with E-state index >= 15 is 0 Å². The van der Waals surface area contributed by atoms with Crippen molar-refractivity contribution in [2.45, 2.75) is 18.1 Å². The molecule has 2 aliphatic heterocycles. The lowest BCUT2D eigenvalue weighted by molar-refractivity contribution is -0.131. The highest BCUT2D eigenvalue weighted by atomic mass is 35.5. The van der Waals surface area contributed by atoms with Crippen LogP contribution in [0.15, 0.2) is 0 Å². The molecule has 2 saturated heterocycles. The number of carbonyl (C=O) groups excluding carboxylic acids is 1. The normalized spacial score (nSPS) is 28.6. The van der Waals surface area contributed by atoms with Gasteiger partial charge in [0.15, 0.2) is 0 Å². The number of rotatable bonds is 3. The van der Waals surface area contributed by atoms with Crippen LogP contribution in [0, 0.1) is 5.92 Å². The van der Waals surface area contributed by atoms with Gasteiger partial charge in [0.2, 0.25) is 5.91 Å². The number of hydrogen-bond acceptors (Lipinski definition) is 4. The fourth-order valence-corrected chi connectivity index (χ4v) is 5.18. The molecule has 0 spiro atoms. The molecule has 0 aromatic heterocycles. The van der Waals surface area contributed by atoms with Gasteiger partial charge in [0.05, 0.1) is 5.25 Å². The molecule has 18 heavy (non-hydrogen) atoms. The van der Waals surface area contributed by atoms with E-state index in [1.165, 1.54) is 18.6 Å². The van der Waals surface area contributed by atoms with Crippen LogP contribution in [-0.4, -0.2) is 60.0 Å². The fourth-order valence-electron chi connectivity index (χ4n) is 2.55. The summed E-state index contributed by atoms with van der Waals surface area (Å²) in [6.45, 7) is 2.97. The van der Waals surface area contributed by atoms with Crippen LogP contribution in [0.1, 0.15) is 12.8 Å². The minimum absolute atomic E-state index is 0. The largest absolute Gasteiger partial charge is 0.341 e. The van der Waals surface area contributed by atoms with Crippen LogP contribution in [0.3, 0.4) is 0 Å². The van der Waals surface area contributed by atoms with Gasteiger partial charge in [0.1, 0.15) is 0 Å². The van der Waals surface area contributed by atoms with E-state index in [1.807, 2.05) is 30.6 Å². The second-order valence-electron chi connectivity index (χ2n) is 4.78. The van der Waals surface area contributed by atoms with Crippen LogP contribution < -0.4 is 5.32 Å². The minimum Gasteiger partial charge on any atom is -0.341 e. The first-order valence-electron chi connectivity index (χ1n) is 6.44. The standard InChI is InChI=1S/C12H22N2OS2.ClH/c1-13-7-10-3-2-4-14(8-10)12(15)11-9-16-5-6-17-11;/h10-11,13H,2-9H2,1H3;1H. The first-order chi connectivity index (χ1) is 8.31. The number of nitrogens with one attached hydrogen (secondary N) is 1. The van der Waals surface area contributed by atoms with Crippen molar-refractivity contribution in [3.8, 4) is 0 Å². The van der Waals surface area contributed by atoms with E-state index < -0.39 is 0 Å². The maximum atomic E-state index is 12.4. The SMILES string of the molecule is CNCC1CCCN(C(=O)C2CSCCS2)C1.Cl. The van der Waals surface area contributed by atoms with E-state index in [0.29, 0.717) is 11.8 Å². The lowest BCUT2D eigenvalue weighted by atomic mass is 9.98. The van der Waals surface area contributed by atoms with Crippen LogP contribution in [0.4, 0.5) is 0 Å². The van der Waals surface area contributed by atoms with Crippen LogP contribution in [0.25, 0.3) is 0 Å². The average Bonchev–Trinajstić information content (AvgIpc) is 2.40. The molecule has 1 amide bonds. The Morgan fingerprint density at radius 1 is 1.44 bits per heavy atom. The molecule has 2 rings (SSSR count). The predicted molar refractivity (Wildman–Crippen MR) is 84.0 cm³/mol. The molecule has 2 fully saturated rings. The van der Waals surface area contributed by atoms with Crippen molar-refractivity contribution in [3.63, 3.8) is 0 Å². The van der Waals surface area contributed by atoms with Gasteiger partial charge in [0, 0.05) is 30.3 Å². The van der Waals surface area contributed by atoms with Crippen LogP contribution in [0.5, 0.6) is 0 Å². The molecule has 106 valence electrons. The minimum atomic E-state index is 0. The number of amides is 1. The Morgan fingerprint density at radius 3 is 2.94 bits per heavy atom. The zero-order valence-corrected chi connectivity index (χ0v) is 13.3. The van der Waals surface area contributed by atoms with Gasteiger partial charge in [-0.3, -0.25) is 4.79 Å². The van der Waals surface area contributed by atoms with E-state index in [-0.39, 0.29) is 17.7 Å². The first-order valence-corrected chi connectivity index (χ1v) is 8.64. The maximum Gasteiger partial charge on any atom is 0.236 e. The molecule has 1 N–H and O–H groups in total. The molecule has 3 nitrogen and oxygen atoms in total.